The quantitative estimate of drug-likeness (QED) is 0.324. The van der Waals surface area contributed by atoms with Crippen LogP contribution in [0.1, 0.15) is 13.3 Å². The number of nitrogens with zero attached hydrogens (tertiary/aromatic N) is 1. The van der Waals surface area contributed by atoms with Crippen LogP contribution in [0.2, 0.25) is 0 Å². The van der Waals surface area contributed by atoms with E-state index in [0.717, 1.165) is 6.42 Å². The van der Waals surface area contributed by atoms with Gasteiger partial charge >= 0.3 is 0 Å². The van der Waals surface area contributed by atoms with E-state index in [4.69, 9.17) is 11.5 Å². The zero-order chi connectivity index (χ0) is 7.11. The van der Waals surface area contributed by atoms with Crippen molar-refractivity contribution in [3.8, 4) is 0 Å². The van der Waals surface area contributed by atoms with Crippen LogP contribution in [-0.4, -0.2) is 12.5 Å². The molecule has 0 fully saturated rings. The highest BCUT2D eigenvalue weighted by Crippen LogP contribution is 1.78. The first-order valence-corrected chi connectivity index (χ1v) is 2.97. The van der Waals surface area contributed by atoms with Crippen LogP contribution in [0, 0.1) is 0 Å². The van der Waals surface area contributed by atoms with E-state index in [1.54, 1.807) is 0 Å². The molecule has 52 valence electrons. The summed E-state index contributed by atoms with van der Waals surface area (Å²) in [4.78, 5) is 3.75. The van der Waals surface area contributed by atoms with E-state index >= 15 is 0 Å². The van der Waals surface area contributed by atoms with Crippen molar-refractivity contribution >= 4 is 5.96 Å². The maximum absolute atomic E-state index is 5.07. The second kappa shape index (κ2) is 5.15. The van der Waals surface area contributed by atoms with Crippen LogP contribution in [0.3, 0.4) is 0 Å². The van der Waals surface area contributed by atoms with Crippen LogP contribution in [0.25, 0.3) is 0 Å². The van der Waals surface area contributed by atoms with Crippen molar-refractivity contribution in [1.82, 2.24) is 0 Å². The third-order valence-corrected chi connectivity index (χ3v) is 0.782. The van der Waals surface area contributed by atoms with E-state index in [2.05, 4.69) is 11.9 Å². The summed E-state index contributed by atoms with van der Waals surface area (Å²) in [6, 6.07) is 0. The Labute approximate surface area is 55.4 Å². The van der Waals surface area contributed by atoms with Gasteiger partial charge < -0.3 is 11.5 Å². The largest absolute Gasteiger partial charge is 0.370 e. The molecule has 0 aromatic heterocycles. The van der Waals surface area contributed by atoms with Crippen molar-refractivity contribution in [3.05, 3.63) is 12.2 Å². The highest BCUT2D eigenvalue weighted by atomic mass is 15.0. The molecule has 0 bridgehead atoms. The average Bonchev–Trinajstić information content (AvgIpc) is 1.80. The van der Waals surface area contributed by atoms with Gasteiger partial charge in [0.15, 0.2) is 5.96 Å². The first kappa shape index (κ1) is 8.01. The van der Waals surface area contributed by atoms with Crippen molar-refractivity contribution in [1.29, 1.82) is 0 Å². The standard InChI is InChI=1S/C6H13N3/c1-2-3-4-5-9-6(7)8/h3-4H,2,5H2,1H3,(H4,7,8,9). The first-order valence-electron chi connectivity index (χ1n) is 2.97. The third-order valence-electron chi connectivity index (χ3n) is 0.782. The summed E-state index contributed by atoms with van der Waals surface area (Å²) >= 11 is 0. The molecule has 0 spiro atoms. The van der Waals surface area contributed by atoms with Gasteiger partial charge in [-0.05, 0) is 6.42 Å². The first-order chi connectivity index (χ1) is 4.27. The van der Waals surface area contributed by atoms with E-state index < -0.39 is 0 Å². The van der Waals surface area contributed by atoms with Crippen molar-refractivity contribution in [2.75, 3.05) is 6.54 Å². The zero-order valence-corrected chi connectivity index (χ0v) is 5.67. The lowest BCUT2D eigenvalue weighted by Gasteiger charge is -1.85. The van der Waals surface area contributed by atoms with Crippen LogP contribution in [0.15, 0.2) is 17.1 Å². The predicted octanol–water partition coefficient (Wildman–Crippen LogP) is 0.226. The number of hydrogen-bond donors (Lipinski definition) is 2. The Balaban J connectivity index is 3.29. The Morgan fingerprint density at radius 1 is 1.44 bits per heavy atom. The third kappa shape index (κ3) is 7.01. The van der Waals surface area contributed by atoms with Crippen molar-refractivity contribution in [3.63, 3.8) is 0 Å². The Morgan fingerprint density at radius 2 is 2.11 bits per heavy atom. The fraction of sp³-hybridized carbons (Fsp3) is 0.500. The van der Waals surface area contributed by atoms with Gasteiger partial charge in [-0.1, -0.05) is 19.1 Å². The summed E-state index contributed by atoms with van der Waals surface area (Å²) in [6.07, 6.45) is 4.98. The molecule has 0 radical (unpaired) electrons. The number of guanidine groups is 1. The molecule has 0 aromatic rings. The molecule has 0 atom stereocenters. The van der Waals surface area contributed by atoms with Gasteiger partial charge in [0.05, 0.1) is 6.54 Å². The minimum absolute atomic E-state index is 0.149. The molecule has 0 heterocycles. The molecule has 0 unspecified atom stereocenters. The van der Waals surface area contributed by atoms with Gasteiger partial charge in [0.1, 0.15) is 0 Å². The Morgan fingerprint density at radius 3 is 2.56 bits per heavy atom. The second-order valence-corrected chi connectivity index (χ2v) is 1.65. The number of hydrogen-bond acceptors (Lipinski definition) is 1. The number of allylic oxidation sites excluding steroid dienone is 1. The molecule has 0 aliphatic carbocycles. The summed E-state index contributed by atoms with van der Waals surface area (Å²) < 4.78 is 0. The van der Waals surface area contributed by atoms with E-state index in [0.29, 0.717) is 6.54 Å². The van der Waals surface area contributed by atoms with Crippen molar-refractivity contribution < 1.29 is 0 Å². The lowest BCUT2D eigenvalue weighted by atomic mass is 10.4. The van der Waals surface area contributed by atoms with E-state index in [1.807, 2.05) is 12.2 Å². The lowest BCUT2D eigenvalue weighted by molar-refractivity contribution is 1.16. The van der Waals surface area contributed by atoms with Gasteiger partial charge in [0.2, 0.25) is 0 Å². The Kier molecular flexibility index (Phi) is 4.59. The molecule has 0 aliphatic heterocycles. The monoisotopic (exact) mass is 127 g/mol. The Bertz CT molecular complexity index is 111. The summed E-state index contributed by atoms with van der Waals surface area (Å²) in [5.41, 5.74) is 10.1. The number of rotatable bonds is 3. The minimum atomic E-state index is 0.149. The molecule has 0 rings (SSSR count). The summed E-state index contributed by atoms with van der Waals surface area (Å²) in [5.74, 6) is 0.149. The smallest absolute Gasteiger partial charge is 0.186 e. The minimum Gasteiger partial charge on any atom is -0.370 e. The summed E-state index contributed by atoms with van der Waals surface area (Å²) in [7, 11) is 0. The maximum atomic E-state index is 5.07. The molecule has 0 saturated carbocycles. The molecule has 0 saturated heterocycles. The Hall–Kier alpha value is -0.990. The van der Waals surface area contributed by atoms with Gasteiger partial charge in [-0.3, -0.25) is 0 Å². The molecular weight excluding hydrogens is 114 g/mol. The van der Waals surface area contributed by atoms with Crippen molar-refractivity contribution in [2.45, 2.75) is 13.3 Å². The van der Waals surface area contributed by atoms with Gasteiger partial charge in [-0.2, -0.15) is 0 Å². The van der Waals surface area contributed by atoms with Crippen LogP contribution >= 0.6 is 0 Å². The number of aliphatic imine (C=N–C) groups is 1. The van der Waals surface area contributed by atoms with Crippen LogP contribution < -0.4 is 11.5 Å². The normalized spacial score (nSPS) is 9.89. The van der Waals surface area contributed by atoms with Gasteiger partial charge in [-0.25, -0.2) is 4.99 Å². The van der Waals surface area contributed by atoms with Crippen LogP contribution in [0.5, 0.6) is 0 Å². The molecule has 3 nitrogen and oxygen atoms in total. The molecule has 9 heavy (non-hydrogen) atoms. The number of nitrogens with two attached hydrogens (primary N) is 2. The van der Waals surface area contributed by atoms with Gasteiger partial charge in [0.25, 0.3) is 0 Å². The van der Waals surface area contributed by atoms with Crippen LogP contribution in [-0.2, 0) is 0 Å². The second-order valence-electron chi connectivity index (χ2n) is 1.65. The van der Waals surface area contributed by atoms with E-state index in [-0.39, 0.29) is 5.96 Å². The molecule has 0 aromatic carbocycles. The lowest BCUT2D eigenvalue weighted by Crippen LogP contribution is -2.22. The van der Waals surface area contributed by atoms with Gasteiger partial charge in [-0.15, -0.1) is 0 Å². The van der Waals surface area contributed by atoms with E-state index in [9.17, 15) is 0 Å². The fourth-order valence-electron chi connectivity index (χ4n) is 0.399. The molecule has 3 heteroatoms. The van der Waals surface area contributed by atoms with E-state index in [1.165, 1.54) is 0 Å². The molecule has 4 N–H and O–H groups in total. The SMILES string of the molecule is CCC=CCN=C(N)N. The van der Waals surface area contributed by atoms with Crippen LogP contribution in [0.4, 0.5) is 0 Å². The fourth-order valence-corrected chi connectivity index (χ4v) is 0.399. The predicted molar refractivity (Wildman–Crippen MR) is 40.1 cm³/mol. The zero-order valence-electron chi connectivity index (χ0n) is 5.67. The molecule has 0 aliphatic rings. The average molecular weight is 127 g/mol. The molecule has 0 amide bonds. The van der Waals surface area contributed by atoms with Crippen molar-refractivity contribution in [2.24, 2.45) is 16.5 Å². The van der Waals surface area contributed by atoms with Gasteiger partial charge in [0, 0.05) is 0 Å². The maximum Gasteiger partial charge on any atom is 0.186 e. The highest BCUT2D eigenvalue weighted by molar-refractivity contribution is 5.75. The summed E-state index contributed by atoms with van der Waals surface area (Å²) in [6.45, 7) is 2.65. The highest BCUT2D eigenvalue weighted by Gasteiger charge is 1.73. The summed E-state index contributed by atoms with van der Waals surface area (Å²) in [5, 5.41) is 0. The topological polar surface area (TPSA) is 64.4 Å². The molecular formula is C6H13N3.